The van der Waals surface area contributed by atoms with Gasteiger partial charge in [0.25, 0.3) is 0 Å². The average molecular weight is 282 g/mol. The summed E-state index contributed by atoms with van der Waals surface area (Å²) in [5.74, 6) is -3.24. The Labute approximate surface area is 106 Å². The summed E-state index contributed by atoms with van der Waals surface area (Å²) in [6.07, 6.45) is -8.14. The van der Waals surface area contributed by atoms with E-state index in [2.05, 4.69) is 4.74 Å². The molecule has 2 unspecified atom stereocenters. The van der Waals surface area contributed by atoms with E-state index in [-0.39, 0.29) is 5.56 Å². The number of carbonyl (C=O) groups is 1. The lowest BCUT2D eigenvalue weighted by molar-refractivity contribution is -0.219. The zero-order chi connectivity index (χ0) is 14.8. The van der Waals surface area contributed by atoms with E-state index in [9.17, 15) is 26.7 Å². The number of Topliss-reactive ketones (excluding diaryl/α,β-unsaturated/α-hetero) is 1. The van der Waals surface area contributed by atoms with Gasteiger partial charge in [0.2, 0.25) is 0 Å². The number of halogens is 5. The summed E-state index contributed by atoms with van der Waals surface area (Å²) in [6, 6.07) is 2.33. The van der Waals surface area contributed by atoms with Crippen molar-refractivity contribution < 1.29 is 31.5 Å². The van der Waals surface area contributed by atoms with Crippen molar-refractivity contribution in [3.05, 3.63) is 35.4 Å². The second-order valence-electron chi connectivity index (χ2n) is 3.96. The fourth-order valence-electron chi connectivity index (χ4n) is 1.33. The first-order valence-electron chi connectivity index (χ1n) is 5.34. The maximum Gasteiger partial charge on any atom is 0.414 e. The summed E-state index contributed by atoms with van der Waals surface area (Å²) in [6.45, 7) is 1.88. The molecular formula is C12H11F5O2. The first-order valence-corrected chi connectivity index (χ1v) is 5.34. The van der Waals surface area contributed by atoms with E-state index in [1.807, 2.05) is 0 Å². The molecule has 1 rings (SSSR count). The van der Waals surface area contributed by atoms with E-state index in [0.29, 0.717) is 6.07 Å². The van der Waals surface area contributed by atoms with Gasteiger partial charge in [-0.25, -0.2) is 8.78 Å². The molecule has 1 aromatic carbocycles. The molecule has 2 atom stereocenters. The summed E-state index contributed by atoms with van der Waals surface area (Å²) < 4.78 is 66.8. The van der Waals surface area contributed by atoms with Crippen LogP contribution in [0.2, 0.25) is 0 Å². The van der Waals surface area contributed by atoms with Gasteiger partial charge in [-0.2, -0.15) is 13.2 Å². The van der Waals surface area contributed by atoms with Gasteiger partial charge in [-0.1, -0.05) is 0 Å². The van der Waals surface area contributed by atoms with Crippen molar-refractivity contribution in [2.24, 2.45) is 0 Å². The van der Waals surface area contributed by atoms with E-state index < -0.39 is 35.8 Å². The maximum absolute atomic E-state index is 12.9. The van der Waals surface area contributed by atoms with Gasteiger partial charge in [0.05, 0.1) is 0 Å². The minimum atomic E-state index is -4.59. The molecule has 0 aliphatic heterocycles. The zero-order valence-electron chi connectivity index (χ0n) is 10.1. The largest absolute Gasteiger partial charge is 0.414 e. The number of rotatable bonds is 4. The molecule has 0 amide bonds. The van der Waals surface area contributed by atoms with E-state index >= 15 is 0 Å². The van der Waals surface area contributed by atoms with Gasteiger partial charge in [0.1, 0.15) is 6.10 Å². The standard InChI is InChI=1S/C12H11F5O2/c1-6(19-7(2)12(15,16)17)11(18)8-3-4-9(13)10(14)5-8/h3-7H,1-2H3. The van der Waals surface area contributed by atoms with Crippen molar-refractivity contribution in [3.8, 4) is 0 Å². The molecular weight excluding hydrogens is 271 g/mol. The number of hydrogen-bond acceptors (Lipinski definition) is 2. The molecule has 0 spiro atoms. The van der Waals surface area contributed by atoms with Crippen molar-refractivity contribution in [2.45, 2.75) is 32.2 Å². The molecule has 0 heterocycles. The van der Waals surface area contributed by atoms with E-state index in [1.165, 1.54) is 0 Å². The molecule has 1 aromatic rings. The minimum absolute atomic E-state index is 0.249. The van der Waals surface area contributed by atoms with Gasteiger partial charge < -0.3 is 4.74 Å². The predicted molar refractivity (Wildman–Crippen MR) is 56.8 cm³/mol. The quantitative estimate of drug-likeness (QED) is 0.624. The molecule has 0 bridgehead atoms. The Balaban J connectivity index is 2.80. The van der Waals surface area contributed by atoms with Crippen LogP contribution in [0.5, 0.6) is 0 Å². The van der Waals surface area contributed by atoms with Crippen LogP contribution in [-0.2, 0) is 4.74 Å². The maximum atomic E-state index is 12.9. The zero-order valence-corrected chi connectivity index (χ0v) is 10.1. The summed E-state index contributed by atoms with van der Waals surface area (Å²) in [5.41, 5.74) is -0.249. The Hall–Kier alpha value is -1.50. The van der Waals surface area contributed by atoms with Gasteiger partial charge in [-0.05, 0) is 32.0 Å². The van der Waals surface area contributed by atoms with Crippen molar-refractivity contribution in [2.75, 3.05) is 0 Å². The highest BCUT2D eigenvalue weighted by Crippen LogP contribution is 2.24. The molecule has 106 valence electrons. The number of ether oxygens (including phenoxy) is 1. The Morgan fingerprint density at radius 2 is 1.74 bits per heavy atom. The lowest BCUT2D eigenvalue weighted by Crippen LogP contribution is -2.35. The molecule has 0 fully saturated rings. The molecule has 0 aromatic heterocycles. The fourth-order valence-corrected chi connectivity index (χ4v) is 1.33. The Morgan fingerprint density at radius 3 is 2.21 bits per heavy atom. The average Bonchev–Trinajstić information content (AvgIpc) is 2.30. The van der Waals surface area contributed by atoms with Crippen LogP contribution in [-0.4, -0.2) is 24.2 Å². The van der Waals surface area contributed by atoms with Crippen LogP contribution in [0.4, 0.5) is 22.0 Å². The Morgan fingerprint density at radius 1 is 1.16 bits per heavy atom. The van der Waals surface area contributed by atoms with Gasteiger partial charge in [-0.15, -0.1) is 0 Å². The second-order valence-corrected chi connectivity index (χ2v) is 3.96. The van der Waals surface area contributed by atoms with Crippen LogP contribution >= 0.6 is 0 Å². The molecule has 2 nitrogen and oxygen atoms in total. The van der Waals surface area contributed by atoms with E-state index in [1.54, 1.807) is 0 Å². The fraction of sp³-hybridized carbons (Fsp3) is 0.417. The number of hydrogen-bond donors (Lipinski definition) is 0. The first-order chi connectivity index (χ1) is 8.62. The normalized spacial score (nSPS) is 15.1. The smallest absolute Gasteiger partial charge is 0.358 e. The number of ketones is 1. The number of carbonyl (C=O) groups excluding carboxylic acids is 1. The lowest BCUT2D eigenvalue weighted by atomic mass is 10.1. The van der Waals surface area contributed by atoms with Crippen LogP contribution in [0.1, 0.15) is 24.2 Å². The topological polar surface area (TPSA) is 26.3 Å². The molecule has 0 aliphatic carbocycles. The summed E-state index contributed by atoms with van der Waals surface area (Å²) in [5, 5.41) is 0. The molecule has 0 saturated carbocycles. The highest BCUT2D eigenvalue weighted by Gasteiger charge is 2.38. The van der Waals surface area contributed by atoms with Crippen molar-refractivity contribution in [3.63, 3.8) is 0 Å². The third kappa shape index (κ3) is 3.99. The molecule has 0 aliphatic rings. The summed E-state index contributed by atoms with van der Waals surface area (Å²) in [7, 11) is 0. The van der Waals surface area contributed by atoms with Crippen LogP contribution in [0.3, 0.4) is 0 Å². The third-order valence-electron chi connectivity index (χ3n) is 2.44. The van der Waals surface area contributed by atoms with Crippen LogP contribution in [0.15, 0.2) is 18.2 Å². The minimum Gasteiger partial charge on any atom is -0.358 e. The molecule has 0 saturated heterocycles. The van der Waals surface area contributed by atoms with Gasteiger partial charge in [-0.3, -0.25) is 4.79 Å². The van der Waals surface area contributed by atoms with Crippen LogP contribution in [0, 0.1) is 11.6 Å². The summed E-state index contributed by atoms with van der Waals surface area (Å²) in [4.78, 5) is 11.7. The second kappa shape index (κ2) is 5.64. The highest BCUT2D eigenvalue weighted by atomic mass is 19.4. The van der Waals surface area contributed by atoms with Gasteiger partial charge >= 0.3 is 6.18 Å². The molecule has 7 heteroatoms. The van der Waals surface area contributed by atoms with Gasteiger partial charge in [0.15, 0.2) is 23.5 Å². The van der Waals surface area contributed by atoms with Crippen molar-refractivity contribution in [1.29, 1.82) is 0 Å². The third-order valence-corrected chi connectivity index (χ3v) is 2.44. The van der Waals surface area contributed by atoms with Gasteiger partial charge in [0, 0.05) is 5.56 Å². The van der Waals surface area contributed by atoms with Crippen LogP contribution in [0.25, 0.3) is 0 Å². The Bertz CT molecular complexity index is 470. The lowest BCUT2D eigenvalue weighted by Gasteiger charge is -2.20. The summed E-state index contributed by atoms with van der Waals surface area (Å²) >= 11 is 0. The first kappa shape index (κ1) is 15.6. The highest BCUT2D eigenvalue weighted by molar-refractivity contribution is 5.99. The number of benzene rings is 1. The Kier molecular flexibility index (Phi) is 4.62. The monoisotopic (exact) mass is 282 g/mol. The predicted octanol–water partition coefficient (Wildman–Crippen LogP) is 3.50. The molecule has 0 N–H and O–H groups in total. The van der Waals surface area contributed by atoms with E-state index in [4.69, 9.17) is 0 Å². The SMILES string of the molecule is CC(OC(C)C(F)(F)F)C(=O)c1ccc(F)c(F)c1. The van der Waals surface area contributed by atoms with Crippen LogP contribution < -0.4 is 0 Å². The van der Waals surface area contributed by atoms with E-state index in [0.717, 1.165) is 26.0 Å². The van der Waals surface area contributed by atoms with Crippen molar-refractivity contribution in [1.82, 2.24) is 0 Å². The molecule has 0 radical (unpaired) electrons. The number of alkyl halides is 3. The molecule has 19 heavy (non-hydrogen) atoms. The van der Waals surface area contributed by atoms with Crippen molar-refractivity contribution >= 4 is 5.78 Å².